The van der Waals surface area contributed by atoms with Gasteiger partial charge in [-0.3, -0.25) is 9.67 Å². The summed E-state index contributed by atoms with van der Waals surface area (Å²) >= 11 is 0. The first-order chi connectivity index (χ1) is 10.3. The average Bonchev–Trinajstić information content (AvgIpc) is 2.90. The molecular formula is C16H30IN5. The molecule has 2 N–H and O–H groups in total. The van der Waals surface area contributed by atoms with Gasteiger partial charge in [-0.15, -0.1) is 24.0 Å². The summed E-state index contributed by atoms with van der Waals surface area (Å²) < 4.78 is 1.85. The summed E-state index contributed by atoms with van der Waals surface area (Å²) in [5, 5.41) is 11.1. The first kappa shape index (κ1) is 19.3. The van der Waals surface area contributed by atoms with Crippen molar-refractivity contribution >= 4 is 29.9 Å². The van der Waals surface area contributed by atoms with Gasteiger partial charge in [-0.25, -0.2) is 0 Å². The van der Waals surface area contributed by atoms with Crippen LogP contribution < -0.4 is 10.6 Å². The maximum atomic E-state index is 4.70. The molecule has 1 fully saturated rings. The lowest BCUT2D eigenvalue weighted by Crippen LogP contribution is -2.44. The van der Waals surface area contributed by atoms with Gasteiger partial charge in [0.05, 0.1) is 6.20 Å². The maximum Gasteiger partial charge on any atom is 0.191 e. The average molecular weight is 419 g/mol. The van der Waals surface area contributed by atoms with Crippen LogP contribution in [-0.2, 0) is 13.5 Å². The van der Waals surface area contributed by atoms with Gasteiger partial charge in [0.15, 0.2) is 5.96 Å². The van der Waals surface area contributed by atoms with Crippen LogP contribution in [0.3, 0.4) is 0 Å². The molecule has 126 valence electrons. The number of aromatic nitrogens is 2. The van der Waals surface area contributed by atoms with E-state index in [-0.39, 0.29) is 24.0 Å². The third-order valence-corrected chi connectivity index (χ3v) is 3.94. The van der Waals surface area contributed by atoms with Crippen molar-refractivity contribution in [2.45, 2.75) is 57.9 Å². The Morgan fingerprint density at radius 2 is 2.14 bits per heavy atom. The van der Waals surface area contributed by atoms with E-state index in [0.717, 1.165) is 31.9 Å². The molecule has 0 saturated heterocycles. The molecule has 1 saturated carbocycles. The second kappa shape index (κ2) is 10.9. The van der Waals surface area contributed by atoms with Crippen molar-refractivity contribution in [3.8, 4) is 0 Å². The van der Waals surface area contributed by atoms with Gasteiger partial charge in [-0.05, 0) is 38.2 Å². The Bertz CT molecular complexity index is 437. The molecule has 1 aromatic rings. The Labute approximate surface area is 151 Å². The van der Waals surface area contributed by atoms with Crippen molar-refractivity contribution in [2.75, 3.05) is 13.1 Å². The Hall–Kier alpha value is -0.790. The summed E-state index contributed by atoms with van der Waals surface area (Å²) in [5.41, 5.74) is 1.29. The second-order valence-corrected chi connectivity index (χ2v) is 5.87. The number of aliphatic imine (C=N–C) groups is 1. The number of nitrogens with one attached hydrogen (secondary N) is 2. The molecule has 0 aliphatic heterocycles. The Kier molecular flexibility index (Phi) is 9.50. The van der Waals surface area contributed by atoms with Gasteiger partial charge in [0.2, 0.25) is 0 Å². The van der Waals surface area contributed by atoms with Crippen molar-refractivity contribution in [3.05, 3.63) is 18.0 Å². The van der Waals surface area contributed by atoms with Gasteiger partial charge in [0.1, 0.15) is 0 Å². The molecule has 2 rings (SSSR count). The van der Waals surface area contributed by atoms with Crippen molar-refractivity contribution in [3.63, 3.8) is 0 Å². The molecule has 1 aromatic heterocycles. The van der Waals surface area contributed by atoms with Gasteiger partial charge in [0, 0.05) is 32.4 Å². The zero-order chi connectivity index (χ0) is 14.9. The van der Waals surface area contributed by atoms with Gasteiger partial charge in [-0.2, -0.15) is 5.10 Å². The molecule has 0 atom stereocenters. The largest absolute Gasteiger partial charge is 0.357 e. The molecule has 0 amide bonds. The number of hydrogen-bond acceptors (Lipinski definition) is 2. The lowest BCUT2D eigenvalue weighted by Gasteiger charge is -2.24. The smallest absolute Gasteiger partial charge is 0.191 e. The van der Waals surface area contributed by atoms with E-state index in [1.807, 2.05) is 17.9 Å². The minimum Gasteiger partial charge on any atom is -0.357 e. The van der Waals surface area contributed by atoms with E-state index in [1.54, 1.807) is 0 Å². The molecule has 6 heteroatoms. The number of halogens is 1. The van der Waals surface area contributed by atoms with Crippen molar-refractivity contribution in [1.82, 2.24) is 20.4 Å². The van der Waals surface area contributed by atoms with Gasteiger partial charge in [-0.1, -0.05) is 19.3 Å². The number of aryl methyl sites for hydroxylation is 2. The quantitative estimate of drug-likeness (QED) is 0.323. The molecule has 0 aromatic carbocycles. The van der Waals surface area contributed by atoms with Crippen LogP contribution in [0.1, 0.15) is 51.0 Å². The zero-order valence-corrected chi connectivity index (χ0v) is 16.2. The predicted octanol–water partition coefficient (Wildman–Crippen LogP) is 2.86. The summed E-state index contributed by atoms with van der Waals surface area (Å²) in [6, 6.07) is 0.606. The van der Waals surface area contributed by atoms with Crippen molar-refractivity contribution < 1.29 is 0 Å². The van der Waals surface area contributed by atoms with E-state index in [0.29, 0.717) is 6.04 Å². The highest BCUT2D eigenvalue weighted by atomic mass is 127. The topological polar surface area (TPSA) is 54.2 Å². The summed E-state index contributed by atoms with van der Waals surface area (Å²) in [7, 11) is 1.96. The minimum absolute atomic E-state index is 0. The van der Waals surface area contributed by atoms with Crippen molar-refractivity contribution in [1.29, 1.82) is 0 Å². The number of guanidine groups is 1. The summed E-state index contributed by atoms with van der Waals surface area (Å²) in [6.07, 6.45) is 12.8. The Morgan fingerprint density at radius 1 is 1.36 bits per heavy atom. The van der Waals surface area contributed by atoms with E-state index in [9.17, 15) is 0 Å². The molecular weight excluding hydrogens is 389 g/mol. The highest BCUT2D eigenvalue weighted by Gasteiger charge is 2.14. The lowest BCUT2D eigenvalue weighted by atomic mass is 9.96. The summed E-state index contributed by atoms with van der Waals surface area (Å²) in [4.78, 5) is 4.70. The highest BCUT2D eigenvalue weighted by Crippen LogP contribution is 2.17. The molecule has 0 spiro atoms. The van der Waals surface area contributed by atoms with Gasteiger partial charge < -0.3 is 10.6 Å². The molecule has 5 nitrogen and oxygen atoms in total. The maximum absolute atomic E-state index is 4.70. The van der Waals surface area contributed by atoms with Crippen LogP contribution >= 0.6 is 24.0 Å². The Balaban J connectivity index is 0.00000242. The first-order valence-electron chi connectivity index (χ1n) is 8.30. The van der Waals surface area contributed by atoms with Crippen LogP contribution in [0.15, 0.2) is 17.4 Å². The SMILES string of the molecule is CCNC(=NCCCc1cnn(C)c1)NC1CCCCC1.I. The normalized spacial score (nSPS) is 16.2. The lowest BCUT2D eigenvalue weighted by molar-refractivity contribution is 0.410. The molecule has 1 aliphatic carbocycles. The van der Waals surface area contributed by atoms with Crippen LogP contribution in [0.4, 0.5) is 0 Å². The summed E-state index contributed by atoms with van der Waals surface area (Å²) in [6.45, 7) is 3.89. The Morgan fingerprint density at radius 3 is 2.77 bits per heavy atom. The predicted molar refractivity (Wildman–Crippen MR) is 103 cm³/mol. The van der Waals surface area contributed by atoms with Crippen molar-refractivity contribution in [2.24, 2.45) is 12.0 Å². The van der Waals surface area contributed by atoms with Gasteiger partial charge >= 0.3 is 0 Å². The first-order valence-corrected chi connectivity index (χ1v) is 8.30. The fourth-order valence-electron chi connectivity index (χ4n) is 2.84. The fraction of sp³-hybridized carbons (Fsp3) is 0.750. The van der Waals surface area contributed by atoms with Crippen LogP contribution in [-0.4, -0.2) is 34.9 Å². The molecule has 1 aliphatic rings. The van der Waals surface area contributed by atoms with E-state index >= 15 is 0 Å². The zero-order valence-electron chi connectivity index (χ0n) is 13.8. The van der Waals surface area contributed by atoms with E-state index in [4.69, 9.17) is 4.99 Å². The van der Waals surface area contributed by atoms with E-state index < -0.39 is 0 Å². The number of nitrogens with zero attached hydrogens (tertiary/aromatic N) is 3. The summed E-state index contributed by atoms with van der Waals surface area (Å²) in [5.74, 6) is 0.982. The number of hydrogen-bond donors (Lipinski definition) is 2. The van der Waals surface area contributed by atoms with E-state index in [2.05, 4.69) is 28.9 Å². The second-order valence-electron chi connectivity index (χ2n) is 5.87. The molecule has 0 radical (unpaired) electrons. The van der Waals surface area contributed by atoms with Crippen LogP contribution in [0.2, 0.25) is 0 Å². The van der Waals surface area contributed by atoms with Crippen LogP contribution in [0, 0.1) is 0 Å². The molecule has 1 heterocycles. The molecule has 22 heavy (non-hydrogen) atoms. The highest BCUT2D eigenvalue weighted by molar-refractivity contribution is 14.0. The van der Waals surface area contributed by atoms with E-state index in [1.165, 1.54) is 37.7 Å². The van der Waals surface area contributed by atoms with Crippen LogP contribution in [0.25, 0.3) is 0 Å². The minimum atomic E-state index is 0. The van der Waals surface area contributed by atoms with Crippen LogP contribution in [0.5, 0.6) is 0 Å². The fourth-order valence-corrected chi connectivity index (χ4v) is 2.84. The number of rotatable bonds is 6. The molecule has 0 unspecified atom stereocenters. The molecule has 0 bridgehead atoms. The monoisotopic (exact) mass is 419 g/mol. The third-order valence-electron chi connectivity index (χ3n) is 3.94. The third kappa shape index (κ3) is 6.98. The van der Waals surface area contributed by atoms with Gasteiger partial charge in [0.25, 0.3) is 0 Å². The standard InChI is InChI=1S/C16H29N5.HI/c1-3-17-16(20-15-9-5-4-6-10-15)18-11-7-8-14-12-19-21(2)13-14;/h12-13,15H,3-11H2,1-2H3,(H2,17,18,20);1H.